The van der Waals surface area contributed by atoms with E-state index >= 15 is 0 Å². The van der Waals surface area contributed by atoms with E-state index in [2.05, 4.69) is 10.6 Å². The molecule has 0 bridgehead atoms. The molecule has 1 heterocycles. The van der Waals surface area contributed by atoms with E-state index in [1.54, 1.807) is 6.07 Å². The number of carbonyl (C=O) groups excluding carboxylic acids is 1. The minimum Gasteiger partial charge on any atom is -0.352 e. The van der Waals surface area contributed by atoms with Crippen LogP contribution in [-0.4, -0.2) is 25.0 Å². The lowest BCUT2D eigenvalue weighted by atomic mass is 10.1. The van der Waals surface area contributed by atoms with Crippen molar-refractivity contribution < 1.29 is 18.0 Å². The fourth-order valence-electron chi connectivity index (χ4n) is 2.88. The Bertz CT molecular complexity index is 538. The maximum absolute atomic E-state index is 12.7. The van der Waals surface area contributed by atoms with Crippen LogP contribution < -0.4 is 10.6 Å². The molecule has 3 unspecified atom stereocenters. The van der Waals surface area contributed by atoms with Crippen molar-refractivity contribution in [3.05, 3.63) is 35.4 Å². The molecular weight excluding hydrogens is 281 g/mol. The molecule has 3 nitrogen and oxygen atoms in total. The lowest BCUT2D eigenvalue weighted by Crippen LogP contribution is -2.37. The second kappa shape index (κ2) is 5.33. The highest BCUT2D eigenvalue weighted by Gasteiger charge is 2.45. The Balaban J connectivity index is 1.63. The highest BCUT2D eigenvalue weighted by atomic mass is 19.4. The van der Waals surface area contributed by atoms with Crippen LogP contribution in [0.25, 0.3) is 0 Å². The van der Waals surface area contributed by atoms with E-state index in [9.17, 15) is 18.0 Å². The van der Waals surface area contributed by atoms with E-state index in [1.807, 2.05) is 0 Å². The monoisotopic (exact) mass is 298 g/mol. The van der Waals surface area contributed by atoms with Crippen molar-refractivity contribution >= 4 is 5.91 Å². The summed E-state index contributed by atoms with van der Waals surface area (Å²) >= 11 is 0. The molecule has 1 saturated heterocycles. The zero-order chi connectivity index (χ0) is 15.0. The van der Waals surface area contributed by atoms with Gasteiger partial charge in [0, 0.05) is 18.5 Å². The highest BCUT2D eigenvalue weighted by Crippen LogP contribution is 2.48. The SMILES string of the molecule is O=C(NC1CCNC1)C1CC1c1cccc(C(F)(F)F)c1. The fourth-order valence-corrected chi connectivity index (χ4v) is 2.88. The molecule has 1 aliphatic carbocycles. The van der Waals surface area contributed by atoms with Gasteiger partial charge in [-0.2, -0.15) is 13.2 Å². The third-order valence-electron chi connectivity index (χ3n) is 4.18. The lowest BCUT2D eigenvalue weighted by Gasteiger charge is -2.11. The summed E-state index contributed by atoms with van der Waals surface area (Å²) in [5.41, 5.74) is -0.0411. The molecule has 1 aliphatic heterocycles. The van der Waals surface area contributed by atoms with Gasteiger partial charge in [0.2, 0.25) is 5.91 Å². The Morgan fingerprint density at radius 1 is 1.33 bits per heavy atom. The van der Waals surface area contributed by atoms with Gasteiger partial charge in [0.05, 0.1) is 5.56 Å². The predicted molar refractivity (Wildman–Crippen MR) is 71.7 cm³/mol. The van der Waals surface area contributed by atoms with Crippen LogP contribution >= 0.6 is 0 Å². The topological polar surface area (TPSA) is 41.1 Å². The number of rotatable bonds is 3. The summed E-state index contributed by atoms with van der Waals surface area (Å²) < 4.78 is 38.1. The molecule has 1 aromatic rings. The first-order valence-electron chi connectivity index (χ1n) is 7.13. The van der Waals surface area contributed by atoms with Gasteiger partial charge in [-0.25, -0.2) is 0 Å². The zero-order valence-electron chi connectivity index (χ0n) is 11.4. The van der Waals surface area contributed by atoms with Crippen molar-refractivity contribution in [1.82, 2.24) is 10.6 Å². The molecule has 0 spiro atoms. The van der Waals surface area contributed by atoms with E-state index in [-0.39, 0.29) is 23.8 Å². The number of alkyl halides is 3. The predicted octanol–water partition coefficient (Wildman–Crippen LogP) is 2.29. The largest absolute Gasteiger partial charge is 0.416 e. The van der Waals surface area contributed by atoms with Gasteiger partial charge in [-0.05, 0) is 36.9 Å². The van der Waals surface area contributed by atoms with Crippen LogP contribution in [0.5, 0.6) is 0 Å². The summed E-state index contributed by atoms with van der Waals surface area (Å²) in [5, 5.41) is 6.13. The average Bonchev–Trinajstić information content (AvgIpc) is 3.09. The van der Waals surface area contributed by atoms with Gasteiger partial charge in [0.25, 0.3) is 0 Å². The molecule has 0 radical (unpaired) electrons. The molecule has 2 aliphatic rings. The van der Waals surface area contributed by atoms with Crippen molar-refractivity contribution in [3.8, 4) is 0 Å². The van der Waals surface area contributed by atoms with Gasteiger partial charge in [-0.15, -0.1) is 0 Å². The molecule has 21 heavy (non-hydrogen) atoms. The molecule has 1 aromatic carbocycles. The van der Waals surface area contributed by atoms with Crippen molar-refractivity contribution in [2.45, 2.75) is 31.0 Å². The first kappa shape index (κ1) is 14.4. The van der Waals surface area contributed by atoms with E-state index < -0.39 is 11.7 Å². The van der Waals surface area contributed by atoms with E-state index in [0.29, 0.717) is 12.0 Å². The number of halogens is 3. The minimum atomic E-state index is -4.34. The van der Waals surface area contributed by atoms with Gasteiger partial charge in [0.15, 0.2) is 0 Å². The Kier molecular flexibility index (Phi) is 3.65. The summed E-state index contributed by atoms with van der Waals surface area (Å²) in [5.74, 6) is -0.304. The molecule has 2 N–H and O–H groups in total. The molecule has 0 aromatic heterocycles. The van der Waals surface area contributed by atoms with E-state index in [4.69, 9.17) is 0 Å². The van der Waals surface area contributed by atoms with Crippen LogP contribution in [0.15, 0.2) is 24.3 Å². The molecule has 3 rings (SSSR count). The molecular formula is C15H17F3N2O. The first-order chi connectivity index (χ1) is 9.95. The summed E-state index contributed by atoms with van der Waals surface area (Å²) in [6.45, 7) is 1.67. The molecule has 3 atom stereocenters. The number of nitrogens with one attached hydrogen (secondary N) is 2. The summed E-state index contributed by atoms with van der Waals surface area (Å²) in [7, 11) is 0. The Morgan fingerprint density at radius 3 is 2.81 bits per heavy atom. The summed E-state index contributed by atoms with van der Waals surface area (Å²) in [6.07, 6.45) is -2.79. The second-order valence-electron chi connectivity index (χ2n) is 5.77. The molecule has 1 saturated carbocycles. The Morgan fingerprint density at radius 2 is 2.14 bits per heavy atom. The molecule has 6 heteroatoms. The van der Waals surface area contributed by atoms with Crippen molar-refractivity contribution in [1.29, 1.82) is 0 Å². The Labute approximate surface area is 120 Å². The van der Waals surface area contributed by atoms with Crippen molar-refractivity contribution in [2.24, 2.45) is 5.92 Å². The third kappa shape index (κ3) is 3.20. The van der Waals surface area contributed by atoms with Crippen LogP contribution in [0, 0.1) is 5.92 Å². The van der Waals surface area contributed by atoms with Crippen LogP contribution in [0.2, 0.25) is 0 Å². The van der Waals surface area contributed by atoms with Crippen LogP contribution in [-0.2, 0) is 11.0 Å². The van der Waals surface area contributed by atoms with Crippen LogP contribution in [0.3, 0.4) is 0 Å². The highest BCUT2D eigenvalue weighted by molar-refractivity contribution is 5.83. The first-order valence-corrected chi connectivity index (χ1v) is 7.13. The summed E-state index contributed by atoms with van der Waals surface area (Å²) in [4.78, 5) is 12.1. The second-order valence-corrected chi connectivity index (χ2v) is 5.77. The van der Waals surface area contributed by atoms with Gasteiger partial charge in [-0.1, -0.05) is 18.2 Å². The minimum absolute atomic E-state index is 0.0360. The van der Waals surface area contributed by atoms with Gasteiger partial charge in [0.1, 0.15) is 0 Å². The standard InChI is InChI=1S/C15H17F3N2O/c16-15(17,18)10-3-1-2-9(6-10)12-7-13(12)14(21)20-11-4-5-19-8-11/h1-3,6,11-13,19H,4-5,7-8H2,(H,20,21). The number of carbonyl (C=O) groups is 1. The lowest BCUT2D eigenvalue weighted by molar-refractivity contribution is -0.137. The molecule has 1 amide bonds. The maximum atomic E-state index is 12.7. The third-order valence-corrected chi connectivity index (χ3v) is 4.18. The quantitative estimate of drug-likeness (QED) is 0.899. The fraction of sp³-hybridized carbons (Fsp3) is 0.533. The molecule has 2 fully saturated rings. The maximum Gasteiger partial charge on any atom is 0.416 e. The van der Waals surface area contributed by atoms with Gasteiger partial charge in [-0.3, -0.25) is 4.79 Å². The zero-order valence-corrected chi connectivity index (χ0v) is 11.4. The normalized spacial score (nSPS) is 28.4. The summed E-state index contributed by atoms with van der Waals surface area (Å²) in [6, 6.07) is 5.46. The Hall–Kier alpha value is -1.56. The number of hydrogen-bond donors (Lipinski definition) is 2. The van der Waals surface area contributed by atoms with Crippen molar-refractivity contribution in [3.63, 3.8) is 0 Å². The van der Waals surface area contributed by atoms with Gasteiger partial charge < -0.3 is 10.6 Å². The molecule has 114 valence electrons. The van der Waals surface area contributed by atoms with Crippen LogP contribution in [0.1, 0.15) is 29.9 Å². The van der Waals surface area contributed by atoms with Crippen LogP contribution in [0.4, 0.5) is 13.2 Å². The number of amides is 1. The smallest absolute Gasteiger partial charge is 0.352 e. The average molecular weight is 298 g/mol. The number of hydrogen-bond acceptors (Lipinski definition) is 2. The van der Waals surface area contributed by atoms with E-state index in [0.717, 1.165) is 31.6 Å². The van der Waals surface area contributed by atoms with Gasteiger partial charge >= 0.3 is 6.18 Å². The van der Waals surface area contributed by atoms with E-state index in [1.165, 1.54) is 6.07 Å². The number of benzene rings is 1. The van der Waals surface area contributed by atoms with Crippen molar-refractivity contribution in [2.75, 3.05) is 13.1 Å².